The Hall–Kier alpha value is -1.31. The molecule has 2 fully saturated rings. The number of amides is 1. The predicted molar refractivity (Wildman–Crippen MR) is 98.3 cm³/mol. The quantitative estimate of drug-likeness (QED) is 0.744. The maximum atomic E-state index is 12.3. The van der Waals surface area contributed by atoms with Crippen molar-refractivity contribution in [1.29, 1.82) is 0 Å². The van der Waals surface area contributed by atoms with Crippen molar-refractivity contribution < 1.29 is 13.2 Å². The van der Waals surface area contributed by atoms with Crippen molar-refractivity contribution in [2.45, 2.75) is 17.7 Å². The van der Waals surface area contributed by atoms with Gasteiger partial charge in [-0.15, -0.1) is 6.58 Å². The van der Waals surface area contributed by atoms with Crippen LogP contribution in [0.25, 0.3) is 0 Å². The van der Waals surface area contributed by atoms with Gasteiger partial charge in [0.1, 0.15) is 0 Å². The standard InChI is InChI=1S/C16H17ClN2O3S2/c1-2-7-19-13-9-24(21,22)10-14(13)23-16(19)18-15(20)8-11-5-3-4-6-12(11)17/h2-6,13-14H,1,7-10H2/t13-,14-/m1/s1. The van der Waals surface area contributed by atoms with Crippen molar-refractivity contribution in [2.24, 2.45) is 4.99 Å². The van der Waals surface area contributed by atoms with Crippen LogP contribution < -0.4 is 0 Å². The van der Waals surface area contributed by atoms with Gasteiger partial charge in [-0.2, -0.15) is 4.99 Å². The summed E-state index contributed by atoms with van der Waals surface area (Å²) in [6.45, 7) is 4.18. The highest BCUT2D eigenvalue weighted by Gasteiger charge is 2.48. The first-order chi connectivity index (χ1) is 11.4. The van der Waals surface area contributed by atoms with Crippen LogP contribution in [0.15, 0.2) is 41.9 Å². The molecule has 0 unspecified atom stereocenters. The number of carbonyl (C=O) groups is 1. The number of rotatable bonds is 4. The van der Waals surface area contributed by atoms with E-state index in [9.17, 15) is 13.2 Å². The molecule has 24 heavy (non-hydrogen) atoms. The monoisotopic (exact) mass is 384 g/mol. The van der Waals surface area contributed by atoms with E-state index in [0.29, 0.717) is 16.7 Å². The Bertz CT molecular complexity index is 807. The molecule has 8 heteroatoms. The predicted octanol–water partition coefficient (Wildman–Crippen LogP) is 2.17. The van der Waals surface area contributed by atoms with Gasteiger partial charge in [0.25, 0.3) is 5.91 Å². The summed E-state index contributed by atoms with van der Waals surface area (Å²) in [7, 11) is -3.02. The minimum absolute atomic E-state index is 0.0678. The molecule has 1 aromatic rings. The van der Waals surface area contributed by atoms with E-state index in [1.54, 1.807) is 18.2 Å². The van der Waals surface area contributed by atoms with Gasteiger partial charge in [-0.25, -0.2) is 8.42 Å². The first-order valence-corrected chi connectivity index (χ1v) is 10.6. The number of benzene rings is 1. The van der Waals surface area contributed by atoms with Gasteiger partial charge < -0.3 is 4.90 Å². The Morgan fingerprint density at radius 3 is 2.88 bits per heavy atom. The highest BCUT2D eigenvalue weighted by atomic mass is 35.5. The number of nitrogens with zero attached hydrogens (tertiary/aromatic N) is 2. The Labute approximate surface area is 150 Å². The number of aliphatic imine (C=N–C) groups is 1. The summed E-state index contributed by atoms with van der Waals surface area (Å²) in [6, 6.07) is 7.03. The van der Waals surface area contributed by atoms with E-state index in [0.717, 1.165) is 5.56 Å². The first-order valence-electron chi connectivity index (χ1n) is 7.49. The highest BCUT2D eigenvalue weighted by molar-refractivity contribution is 8.15. The zero-order valence-electron chi connectivity index (χ0n) is 12.9. The van der Waals surface area contributed by atoms with E-state index in [1.165, 1.54) is 11.8 Å². The summed E-state index contributed by atoms with van der Waals surface area (Å²) < 4.78 is 23.6. The molecule has 2 aliphatic heterocycles. The normalized spacial score (nSPS) is 26.5. The summed E-state index contributed by atoms with van der Waals surface area (Å²) in [6.07, 6.45) is 1.82. The topological polar surface area (TPSA) is 66.8 Å². The highest BCUT2D eigenvalue weighted by Crippen LogP contribution is 2.38. The van der Waals surface area contributed by atoms with E-state index in [4.69, 9.17) is 11.6 Å². The van der Waals surface area contributed by atoms with Crippen LogP contribution in [-0.2, 0) is 21.1 Å². The molecule has 2 heterocycles. The van der Waals surface area contributed by atoms with Gasteiger partial charge in [-0.3, -0.25) is 4.79 Å². The number of hydrogen-bond acceptors (Lipinski definition) is 4. The van der Waals surface area contributed by atoms with Gasteiger partial charge in [0, 0.05) is 16.8 Å². The molecule has 3 rings (SSSR count). The number of carbonyl (C=O) groups excluding carboxylic acids is 1. The number of hydrogen-bond donors (Lipinski definition) is 0. The Balaban J connectivity index is 1.78. The summed E-state index contributed by atoms with van der Waals surface area (Å²) in [5.74, 6) is -0.0493. The van der Waals surface area contributed by atoms with Crippen LogP contribution in [0.4, 0.5) is 0 Å². The molecule has 0 saturated carbocycles. The maximum absolute atomic E-state index is 12.3. The van der Waals surface area contributed by atoms with Gasteiger partial charge in [-0.05, 0) is 11.6 Å². The van der Waals surface area contributed by atoms with Gasteiger partial charge in [0.15, 0.2) is 15.0 Å². The first kappa shape index (κ1) is 17.5. The second-order valence-electron chi connectivity index (χ2n) is 5.80. The van der Waals surface area contributed by atoms with Crippen LogP contribution >= 0.6 is 23.4 Å². The van der Waals surface area contributed by atoms with Crippen molar-refractivity contribution >= 4 is 44.3 Å². The van der Waals surface area contributed by atoms with E-state index < -0.39 is 9.84 Å². The van der Waals surface area contributed by atoms with Crippen molar-refractivity contribution in [3.63, 3.8) is 0 Å². The van der Waals surface area contributed by atoms with E-state index in [-0.39, 0.29) is 35.1 Å². The summed E-state index contributed by atoms with van der Waals surface area (Å²) in [4.78, 5) is 18.4. The van der Waals surface area contributed by atoms with Gasteiger partial charge in [0.05, 0.1) is 24.0 Å². The fraction of sp³-hybridized carbons (Fsp3) is 0.375. The molecule has 2 aliphatic rings. The average Bonchev–Trinajstić information content (AvgIpc) is 2.95. The van der Waals surface area contributed by atoms with Crippen LogP contribution in [0.5, 0.6) is 0 Å². The van der Waals surface area contributed by atoms with E-state index >= 15 is 0 Å². The molecular formula is C16H17ClN2O3S2. The van der Waals surface area contributed by atoms with Crippen molar-refractivity contribution in [2.75, 3.05) is 18.1 Å². The van der Waals surface area contributed by atoms with E-state index in [2.05, 4.69) is 11.6 Å². The molecule has 0 spiro atoms. The lowest BCUT2D eigenvalue weighted by atomic mass is 10.1. The second kappa shape index (κ2) is 6.90. The number of halogens is 1. The van der Waals surface area contributed by atoms with Gasteiger partial charge in [0.2, 0.25) is 0 Å². The Morgan fingerprint density at radius 1 is 1.42 bits per heavy atom. The molecule has 0 bridgehead atoms. The third-order valence-electron chi connectivity index (χ3n) is 4.02. The van der Waals surface area contributed by atoms with Gasteiger partial charge >= 0.3 is 0 Å². The number of amidine groups is 1. The number of thioether (sulfide) groups is 1. The van der Waals surface area contributed by atoms with Crippen LogP contribution in [0, 0.1) is 0 Å². The SMILES string of the molecule is C=CCN1C(=NC(=O)Cc2ccccc2Cl)S[C@@H]2CS(=O)(=O)C[C@H]21. The smallest absolute Gasteiger partial charge is 0.252 e. The summed E-state index contributed by atoms with van der Waals surface area (Å²) >= 11 is 7.45. The lowest BCUT2D eigenvalue weighted by molar-refractivity contribution is -0.117. The fourth-order valence-corrected chi connectivity index (χ4v) is 7.12. The lowest BCUT2D eigenvalue weighted by Gasteiger charge is -2.22. The zero-order valence-corrected chi connectivity index (χ0v) is 15.3. The molecule has 128 valence electrons. The van der Waals surface area contributed by atoms with Crippen LogP contribution in [-0.4, -0.2) is 53.7 Å². The van der Waals surface area contributed by atoms with Crippen molar-refractivity contribution in [1.82, 2.24) is 4.90 Å². The molecule has 1 aromatic carbocycles. The average molecular weight is 385 g/mol. The van der Waals surface area contributed by atoms with Crippen molar-refractivity contribution in [3.8, 4) is 0 Å². The van der Waals surface area contributed by atoms with Crippen molar-refractivity contribution in [3.05, 3.63) is 47.5 Å². The molecular weight excluding hydrogens is 368 g/mol. The summed E-state index contributed by atoms with van der Waals surface area (Å²) in [5, 5.41) is 1.05. The molecule has 2 saturated heterocycles. The maximum Gasteiger partial charge on any atom is 0.252 e. The minimum Gasteiger partial charge on any atom is -0.342 e. The molecule has 0 aromatic heterocycles. The van der Waals surface area contributed by atoms with Crippen LogP contribution in [0.1, 0.15) is 5.56 Å². The summed E-state index contributed by atoms with van der Waals surface area (Å²) in [5.41, 5.74) is 0.731. The van der Waals surface area contributed by atoms with Crippen LogP contribution in [0.3, 0.4) is 0 Å². The third kappa shape index (κ3) is 3.68. The van der Waals surface area contributed by atoms with E-state index in [1.807, 2.05) is 17.0 Å². The minimum atomic E-state index is -3.02. The molecule has 5 nitrogen and oxygen atoms in total. The van der Waals surface area contributed by atoms with Crippen LogP contribution in [0.2, 0.25) is 5.02 Å². The Morgan fingerprint density at radius 2 is 2.17 bits per heavy atom. The zero-order chi connectivity index (χ0) is 17.3. The third-order valence-corrected chi connectivity index (χ3v) is 7.64. The molecule has 2 atom stereocenters. The second-order valence-corrected chi connectivity index (χ2v) is 9.57. The lowest BCUT2D eigenvalue weighted by Crippen LogP contribution is -2.37. The van der Waals surface area contributed by atoms with Gasteiger partial charge in [-0.1, -0.05) is 47.6 Å². The molecule has 0 radical (unpaired) electrons. The number of sulfone groups is 1. The molecule has 0 N–H and O–H groups in total. The fourth-order valence-electron chi connectivity index (χ4n) is 2.94. The Kier molecular flexibility index (Phi) is 5.03. The largest absolute Gasteiger partial charge is 0.342 e. The molecule has 0 aliphatic carbocycles. The number of fused-ring (bicyclic) bond motifs is 1. The molecule has 1 amide bonds.